The zero-order valence-electron chi connectivity index (χ0n) is 8.72. The molecule has 0 unspecified atom stereocenters. The van der Waals surface area contributed by atoms with E-state index < -0.39 is 30.6 Å². The van der Waals surface area contributed by atoms with Crippen molar-refractivity contribution in [2.75, 3.05) is 0 Å². The third-order valence-corrected chi connectivity index (χ3v) is 3.29. The van der Waals surface area contributed by atoms with Crippen LogP contribution in [-0.2, 0) is 0 Å². The lowest BCUT2D eigenvalue weighted by atomic mass is 9.75. The highest BCUT2D eigenvalue weighted by molar-refractivity contribution is 4.93. The molecule has 1 rings (SSSR count). The molecule has 6 heteroatoms. The largest absolute Gasteiger partial charge is 0.403 e. The van der Waals surface area contributed by atoms with Crippen molar-refractivity contribution in [2.24, 2.45) is 5.41 Å². The summed E-state index contributed by atoms with van der Waals surface area (Å²) in [6.07, 6.45) is -10.4. The summed E-state index contributed by atoms with van der Waals surface area (Å²) >= 11 is 0. The highest BCUT2D eigenvalue weighted by Gasteiger charge is 2.69. The van der Waals surface area contributed by atoms with E-state index in [2.05, 4.69) is 0 Å². The van der Waals surface area contributed by atoms with E-state index in [4.69, 9.17) is 0 Å². The Morgan fingerprint density at radius 1 is 0.562 bits per heavy atom. The predicted molar refractivity (Wildman–Crippen MR) is 46.9 cm³/mol. The summed E-state index contributed by atoms with van der Waals surface area (Å²) in [5, 5.41) is 0. The third kappa shape index (κ3) is 2.46. The molecule has 0 saturated heterocycles. The van der Waals surface area contributed by atoms with E-state index in [1.807, 2.05) is 0 Å². The maximum Gasteiger partial charge on any atom is 0.403 e. The molecule has 0 aromatic carbocycles. The van der Waals surface area contributed by atoms with E-state index in [9.17, 15) is 26.3 Å². The van der Waals surface area contributed by atoms with Crippen molar-refractivity contribution >= 4 is 0 Å². The van der Waals surface area contributed by atoms with Crippen LogP contribution in [0.2, 0.25) is 0 Å². The van der Waals surface area contributed by atoms with Gasteiger partial charge in [-0.3, -0.25) is 0 Å². The molecule has 96 valence electrons. The molecule has 1 saturated carbocycles. The van der Waals surface area contributed by atoms with Crippen molar-refractivity contribution in [3.63, 3.8) is 0 Å². The van der Waals surface area contributed by atoms with Crippen LogP contribution < -0.4 is 0 Å². The summed E-state index contributed by atoms with van der Waals surface area (Å²) in [5.74, 6) is 0. The lowest BCUT2D eigenvalue weighted by Crippen LogP contribution is -2.50. The van der Waals surface area contributed by atoms with Crippen molar-refractivity contribution in [1.29, 1.82) is 0 Å². The number of hydrogen-bond donors (Lipinski definition) is 0. The van der Waals surface area contributed by atoms with Crippen molar-refractivity contribution in [2.45, 2.75) is 57.3 Å². The van der Waals surface area contributed by atoms with Gasteiger partial charge >= 0.3 is 12.4 Å². The molecular formula is C10H14F6. The minimum absolute atomic E-state index is 0.000972. The van der Waals surface area contributed by atoms with Crippen LogP contribution in [0.5, 0.6) is 0 Å². The van der Waals surface area contributed by atoms with Crippen molar-refractivity contribution in [3.8, 4) is 0 Å². The van der Waals surface area contributed by atoms with E-state index in [0.717, 1.165) is 6.42 Å². The van der Waals surface area contributed by atoms with Crippen LogP contribution in [0.15, 0.2) is 0 Å². The number of alkyl halides is 6. The molecule has 0 bridgehead atoms. The van der Waals surface area contributed by atoms with Crippen molar-refractivity contribution in [1.82, 2.24) is 0 Å². The Hall–Kier alpha value is -0.420. The number of hydrogen-bond acceptors (Lipinski definition) is 0. The maximum atomic E-state index is 12.7. The van der Waals surface area contributed by atoms with Crippen LogP contribution in [-0.4, -0.2) is 12.4 Å². The minimum Gasteiger partial charge on any atom is -0.170 e. The topological polar surface area (TPSA) is 0 Å². The summed E-state index contributed by atoms with van der Waals surface area (Å²) in [5.41, 5.74) is -3.47. The zero-order valence-corrected chi connectivity index (χ0v) is 8.72. The first-order valence-electron chi connectivity index (χ1n) is 5.34. The normalized spacial score (nSPS) is 23.6. The molecule has 0 radical (unpaired) electrons. The minimum atomic E-state index is -5.19. The van der Waals surface area contributed by atoms with E-state index in [1.54, 1.807) is 0 Å². The van der Waals surface area contributed by atoms with E-state index in [0.29, 0.717) is 12.8 Å². The Kier molecular flexibility index (Phi) is 3.80. The Morgan fingerprint density at radius 2 is 0.875 bits per heavy atom. The molecule has 0 aliphatic heterocycles. The second kappa shape index (κ2) is 4.45. The average molecular weight is 248 g/mol. The monoisotopic (exact) mass is 248 g/mol. The number of halogens is 6. The Bertz CT molecular complexity index is 202. The Morgan fingerprint density at radius 3 is 1.19 bits per heavy atom. The molecule has 16 heavy (non-hydrogen) atoms. The lowest BCUT2D eigenvalue weighted by Gasteiger charge is -2.38. The van der Waals surface area contributed by atoms with Gasteiger partial charge in [0.25, 0.3) is 0 Å². The summed E-state index contributed by atoms with van der Waals surface area (Å²) in [4.78, 5) is 0. The first kappa shape index (κ1) is 13.6. The molecule has 0 amide bonds. The molecule has 0 aromatic rings. The number of rotatable bonds is 0. The van der Waals surface area contributed by atoms with Crippen LogP contribution >= 0.6 is 0 Å². The van der Waals surface area contributed by atoms with Gasteiger partial charge in [-0.15, -0.1) is 0 Å². The van der Waals surface area contributed by atoms with Gasteiger partial charge in [-0.25, -0.2) is 0 Å². The smallest absolute Gasteiger partial charge is 0.170 e. The van der Waals surface area contributed by atoms with Crippen LogP contribution in [0.3, 0.4) is 0 Å². The Balaban J connectivity index is 3.01. The van der Waals surface area contributed by atoms with Crippen molar-refractivity contribution < 1.29 is 26.3 Å². The van der Waals surface area contributed by atoms with Gasteiger partial charge in [-0.1, -0.05) is 32.1 Å². The molecule has 1 aliphatic carbocycles. The van der Waals surface area contributed by atoms with Gasteiger partial charge in [0.1, 0.15) is 0 Å². The third-order valence-electron chi connectivity index (χ3n) is 3.29. The maximum absolute atomic E-state index is 12.7. The van der Waals surface area contributed by atoms with Gasteiger partial charge < -0.3 is 0 Å². The molecule has 0 atom stereocenters. The van der Waals surface area contributed by atoms with Crippen LogP contribution in [0.1, 0.15) is 44.9 Å². The SMILES string of the molecule is FC(F)(F)C1(C(F)(F)F)CCCCCCC1. The highest BCUT2D eigenvalue weighted by Crippen LogP contribution is 2.56. The quantitative estimate of drug-likeness (QED) is 0.538. The van der Waals surface area contributed by atoms with E-state index in [1.165, 1.54) is 0 Å². The summed E-state index contributed by atoms with van der Waals surface area (Å²) < 4.78 is 76.1. The zero-order chi connectivity index (χ0) is 12.4. The van der Waals surface area contributed by atoms with Gasteiger partial charge in [0.2, 0.25) is 0 Å². The fraction of sp³-hybridized carbons (Fsp3) is 1.00. The van der Waals surface area contributed by atoms with Crippen molar-refractivity contribution in [3.05, 3.63) is 0 Å². The first-order chi connectivity index (χ1) is 7.21. The highest BCUT2D eigenvalue weighted by atomic mass is 19.4. The summed E-state index contributed by atoms with van der Waals surface area (Å²) in [7, 11) is 0. The van der Waals surface area contributed by atoms with Gasteiger partial charge in [0.05, 0.1) is 0 Å². The molecule has 0 aromatic heterocycles. The van der Waals surface area contributed by atoms with Gasteiger partial charge in [0.15, 0.2) is 5.41 Å². The fourth-order valence-corrected chi connectivity index (χ4v) is 2.24. The molecule has 0 N–H and O–H groups in total. The molecule has 1 aliphatic rings. The lowest BCUT2D eigenvalue weighted by molar-refractivity contribution is -0.347. The summed E-state index contributed by atoms with van der Waals surface area (Å²) in [6.45, 7) is 0. The molecule has 0 spiro atoms. The molecule has 0 heterocycles. The standard InChI is InChI=1S/C10H14F6/c11-9(12,13)8(10(14,15)16)6-4-2-1-3-5-7-8/h1-7H2. The average Bonchev–Trinajstić information content (AvgIpc) is 1.97. The molecule has 0 nitrogen and oxygen atoms in total. The van der Waals surface area contributed by atoms with Gasteiger partial charge in [0, 0.05) is 0 Å². The van der Waals surface area contributed by atoms with Gasteiger partial charge in [-0.2, -0.15) is 26.3 Å². The van der Waals surface area contributed by atoms with Crippen LogP contribution in [0, 0.1) is 5.41 Å². The predicted octanol–water partition coefficient (Wildman–Crippen LogP) is 4.84. The van der Waals surface area contributed by atoms with Crippen LogP contribution in [0.4, 0.5) is 26.3 Å². The molecular weight excluding hydrogens is 234 g/mol. The second-order valence-corrected chi connectivity index (χ2v) is 4.35. The van der Waals surface area contributed by atoms with Gasteiger partial charge in [-0.05, 0) is 12.8 Å². The second-order valence-electron chi connectivity index (χ2n) is 4.35. The molecule has 1 fully saturated rings. The van der Waals surface area contributed by atoms with E-state index in [-0.39, 0.29) is 12.8 Å². The van der Waals surface area contributed by atoms with E-state index >= 15 is 0 Å². The summed E-state index contributed by atoms with van der Waals surface area (Å²) in [6, 6.07) is 0. The Labute approximate surface area is 90.0 Å². The van der Waals surface area contributed by atoms with Crippen LogP contribution in [0.25, 0.3) is 0 Å². The first-order valence-corrected chi connectivity index (χ1v) is 5.34. The fourth-order valence-electron chi connectivity index (χ4n) is 2.24.